The van der Waals surface area contributed by atoms with Gasteiger partial charge in [0.2, 0.25) is 0 Å². The number of hydrogen-bond acceptors (Lipinski definition) is 3. The highest BCUT2D eigenvalue weighted by molar-refractivity contribution is 5.79. The molecule has 3 heteroatoms. The van der Waals surface area contributed by atoms with Gasteiger partial charge in [0, 0.05) is 18.2 Å². The third kappa shape index (κ3) is 3.67. The minimum Gasteiger partial charge on any atom is -0.452 e. The molecule has 0 aromatic heterocycles. The molecule has 0 spiro atoms. The van der Waals surface area contributed by atoms with E-state index in [1.54, 1.807) is 7.11 Å². The van der Waals surface area contributed by atoms with Gasteiger partial charge in [-0.05, 0) is 43.5 Å². The van der Waals surface area contributed by atoms with Gasteiger partial charge in [-0.25, -0.2) is 0 Å². The molecule has 0 radical (unpaired) electrons. The molecule has 130 valence electrons. The van der Waals surface area contributed by atoms with Crippen LogP contribution in [-0.2, 0) is 20.9 Å². The second kappa shape index (κ2) is 6.85. The van der Waals surface area contributed by atoms with E-state index >= 15 is 0 Å². The van der Waals surface area contributed by atoms with Gasteiger partial charge in [-0.15, -0.1) is 0 Å². The van der Waals surface area contributed by atoms with Crippen molar-refractivity contribution in [3.8, 4) is 0 Å². The summed E-state index contributed by atoms with van der Waals surface area (Å²) in [5.74, 6) is -0.207. The maximum Gasteiger partial charge on any atom is 0.312 e. The van der Waals surface area contributed by atoms with Crippen LogP contribution in [0.15, 0.2) is 42.5 Å². The van der Waals surface area contributed by atoms with Crippen molar-refractivity contribution in [3.05, 3.63) is 70.3 Å². The summed E-state index contributed by atoms with van der Waals surface area (Å²) in [6.45, 7) is 6.18. The van der Waals surface area contributed by atoms with E-state index in [4.69, 9.17) is 9.47 Å². The third-order valence-electron chi connectivity index (χ3n) is 4.30. The fourth-order valence-corrected chi connectivity index (χ4v) is 2.92. The van der Waals surface area contributed by atoms with E-state index in [1.807, 2.05) is 57.2 Å². The third-order valence-corrected chi connectivity index (χ3v) is 4.30. The van der Waals surface area contributed by atoms with Gasteiger partial charge in [0.15, 0.2) is 6.10 Å². The summed E-state index contributed by atoms with van der Waals surface area (Å²) in [6, 6.07) is 14.2. The van der Waals surface area contributed by atoms with Crippen LogP contribution in [-0.4, -0.2) is 13.1 Å². The number of fused-ring (bicyclic) bond motifs is 2. The molecule has 25 heavy (non-hydrogen) atoms. The lowest BCUT2D eigenvalue weighted by molar-refractivity contribution is -0.157. The topological polar surface area (TPSA) is 35.5 Å². The maximum absolute atomic E-state index is 12.6. The Kier molecular flexibility index (Phi) is 4.78. The van der Waals surface area contributed by atoms with Crippen LogP contribution in [0.5, 0.6) is 0 Å². The molecular weight excluding hydrogens is 312 g/mol. The normalized spacial score (nSPS) is 15.9. The Morgan fingerprint density at radius 2 is 1.68 bits per heavy atom. The number of esters is 1. The summed E-state index contributed by atoms with van der Waals surface area (Å²) >= 11 is 0. The first kappa shape index (κ1) is 17.4. The first-order valence-electron chi connectivity index (χ1n) is 8.50. The van der Waals surface area contributed by atoms with Gasteiger partial charge in [0.1, 0.15) is 0 Å². The number of ether oxygens (including phenoxy) is 2. The molecule has 1 aliphatic carbocycles. The van der Waals surface area contributed by atoms with Gasteiger partial charge in [-0.3, -0.25) is 4.79 Å². The molecule has 0 bridgehead atoms. The molecule has 0 fully saturated rings. The van der Waals surface area contributed by atoms with Crippen LogP contribution in [0.2, 0.25) is 0 Å². The minimum absolute atomic E-state index is 0.207. The quantitative estimate of drug-likeness (QED) is 0.740. The van der Waals surface area contributed by atoms with Gasteiger partial charge in [-0.1, -0.05) is 48.6 Å². The zero-order chi connectivity index (χ0) is 18.0. The highest BCUT2D eigenvalue weighted by Crippen LogP contribution is 2.37. The molecule has 0 amide bonds. The molecule has 2 aromatic rings. The standard InChI is InChI=1S/C22H24O3/c1-22(2,3)21(23)25-20-18-8-6-5-7-16(18)10-11-17-13-15(14-24-4)9-12-19(17)20/h5-13,20H,14H2,1-4H3. The molecular formula is C22H24O3. The van der Waals surface area contributed by atoms with Crippen molar-refractivity contribution in [2.24, 2.45) is 5.41 Å². The lowest BCUT2D eigenvalue weighted by atomic mass is 9.93. The summed E-state index contributed by atoms with van der Waals surface area (Å²) in [5.41, 5.74) is 4.67. The fraction of sp³-hybridized carbons (Fsp3) is 0.318. The zero-order valence-corrected chi connectivity index (χ0v) is 15.2. The smallest absolute Gasteiger partial charge is 0.312 e. The van der Waals surface area contributed by atoms with E-state index in [2.05, 4.69) is 18.2 Å². The molecule has 3 rings (SSSR count). The molecule has 1 atom stereocenters. The Morgan fingerprint density at radius 1 is 1.00 bits per heavy atom. The van der Waals surface area contributed by atoms with Crippen molar-refractivity contribution in [2.75, 3.05) is 7.11 Å². The van der Waals surface area contributed by atoms with E-state index in [0.29, 0.717) is 6.61 Å². The first-order valence-corrected chi connectivity index (χ1v) is 8.50. The van der Waals surface area contributed by atoms with E-state index in [9.17, 15) is 4.79 Å². The van der Waals surface area contributed by atoms with Crippen molar-refractivity contribution < 1.29 is 14.3 Å². The van der Waals surface area contributed by atoms with E-state index in [0.717, 1.165) is 27.8 Å². The lowest BCUT2D eigenvalue weighted by Crippen LogP contribution is -2.25. The number of benzene rings is 2. The average molecular weight is 336 g/mol. The minimum atomic E-state index is -0.551. The predicted molar refractivity (Wildman–Crippen MR) is 99.9 cm³/mol. The highest BCUT2D eigenvalue weighted by Gasteiger charge is 2.30. The first-order chi connectivity index (χ1) is 11.9. The van der Waals surface area contributed by atoms with E-state index < -0.39 is 11.5 Å². The molecule has 1 unspecified atom stereocenters. The number of carbonyl (C=O) groups excluding carboxylic acids is 1. The number of rotatable bonds is 3. The number of carbonyl (C=O) groups is 1. The molecule has 0 aliphatic heterocycles. The molecule has 2 aromatic carbocycles. The van der Waals surface area contributed by atoms with Crippen molar-refractivity contribution in [1.82, 2.24) is 0 Å². The van der Waals surface area contributed by atoms with Gasteiger partial charge < -0.3 is 9.47 Å². The van der Waals surface area contributed by atoms with Gasteiger partial charge >= 0.3 is 5.97 Å². The summed E-state index contributed by atoms with van der Waals surface area (Å²) in [5, 5.41) is 0. The van der Waals surface area contributed by atoms with Gasteiger partial charge in [0.05, 0.1) is 12.0 Å². The number of methoxy groups -OCH3 is 1. The van der Waals surface area contributed by atoms with Crippen molar-refractivity contribution in [2.45, 2.75) is 33.5 Å². The number of hydrogen-bond donors (Lipinski definition) is 0. The van der Waals surface area contributed by atoms with E-state index in [1.165, 1.54) is 0 Å². The van der Waals surface area contributed by atoms with Crippen LogP contribution in [0.4, 0.5) is 0 Å². The van der Waals surface area contributed by atoms with Crippen molar-refractivity contribution in [1.29, 1.82) is 0 Å². The average Bonchev–Trinajstić information content (AvgIpc) is 2.72. The Bertz CT molecular complexity index is 812. The Morgan fingerprint density at radius 3 is 2.40 bits per heavy atom. The summed E-state index contributed by atoms with van der Waals surface area (Å²) < 4.78 is 11.2. The monoisotopic (exact) mass is 336 g/mol. The fourth-order valence-electron chi connectivity index (χ4n) is 2.92. The molecule has 0 saturated carbocycles. The predicted octanol–water partition coefficient (Wildman–Crippen LogP) is 5.00. The maximum atomic E-state index is 12.6. The summed E-state index contributed by atoms with van der Waals surface area (Å²) in [4.78, 5) is 12.6. The molecule has 0 saturated heterocycles. The SMILES string of the molecule is COCc1ccc2c(c1)C=Cc1ccccc1C2OC(=O)C(C)(C)C. The summed E-state index contributed by atoms with van der Waals surface area (Å²) in [7, 11) is 1.69. The van der Waals surface area contributed by atoms with Crippen LogP contribution >= 0.6 is 0 Å². The molecule has 1 aliphatic rings. The largest absolute Gasteiger partial charge is 0.452 e. The van der Waals surface area contributed by atoms with Crippen molar-refractivity contribution >= 4 is 18.1 Å². The molecule has 3 nitrogen and oxygen atoms in total. The highest BCUT2D eigenvalue weighted by atomic mass is 16.5. The van der Waals surface area contributed by atoms with E-state index in [-0.39, 0.29) is 5.97 Å². The van der Waals surface area contributed by atoms with Crippen LogP contribution in [0.25, 0.3) is 12.2 Å². The Hall–Kier alpha value is -2.39. The van der Waals surface area contributed by atoms with Crippen LogP contribution in [0, 0.1) is 5.41 Å². The Balaban J connectivity index is 2.09. The lowest BCUT2D eigenvalue weighted by Gasteiger charge is -2.25. The zero-order valence-electron chi connectivity index (χ0n) is 15.2. The van der Waals surface area contributed by atoms with Crippen LogP contribution < -0.4 is 0 Å². The second-order valence-electron chi connectivity index (χ2n) is 7.39. The summed E-state index contributed by atoms with van der Waals surface area (Å²) in [6.07, 6.45) is 3.75. The van der Waals surface area contributed by atoms with Crippen LogP contribution in [0.1, 0.15) is 54.7 Å². The van der Waals surface area contributed by atoms with Crippen molar-refractivity contribution in [3.63, 3.8) is 0 Å². The molecule has 0 heterocycles. The van der Waals surface area contributed by atoms with Gasteiger partial charge in [0.25, 0.3) is 0 Å². The Labute approximate surface area is 149 Å². The second-order valence-corrected chi connectivity index (χ2v) is 7.39. The molecule has 0 N–H and O–H groups in total. The van der Waals surface area contributed by atoms with Crippen LogP contribution in [0.3, 0.4) is 0 Å². The van der Waals surface area contributed by atoms with Gasteiger partial charge in [-0.2, -0.15) is 0 Å².